The molecule has 14 heteroatoms. The fourth-order valence-corrected chi connectivity index (χ4v) is 2.76. The number of nitrogens with two attached hydrogens (primary N) is 4. The first-order valence-corrected chi connectivity index (χ1v) is 10.5. The molecule has 0 fully saturated rings. The molecule has 0 saturated carbocycles. The van der Waals surface area contributed by atoms with Crippen LogP contribution in [0.1, 0.15) is 32.1 Å². The van der Waals surface area contributed by atoms with Crippen LogP contribution in [-0.4, -0.2) is 78.3 Å². The molecule has 31 heavy (non-hydrogen) atoms. The number of nitrogens with zero attached hydrogens (tertiary/aromatic N) is 1. The first-order chi connectivity index (χ1) is 14.7. The lowest BCUT2D eigenvalue weighted by molar-refractivity contribution is -0.141. The monoisotopic (exact) mass is 462 g/mol. The number of guanidine groups is 1. The highest BCUT2D eigenvalue weighted by Crippen LogP contribution is 2.05. The van der Waals surface area contributed by atoms with E-state index in [1.54, 1.807) is 0 Å². The number of rotatable bonds is 16. The molecule has 0 aliphatic rings. The Balaban J connectivity index is 5.27. The maximum Gasteiger partial charge on any atom is 0.327 e. The third-order valence-electron chi connectivity index (χ3n) is 4.16. The summed E-state index contributed by atoms with van der Waals surface area (Å²) in [4.78, 5) is 52.0. The minimum atomic E-state index is -1.25. The summed E-state index contributed by atoms with van der Waals surface area (Å²) >= 11 is 3.91. The highest BCUT2D eigenvalue weighted by atomic mass is 32.1. The van der Waals surface area contributed by atoms with Gasteiger partial charge in [-0.2, -0.15) is 12.6 Å². The van der Waals surface area contributed by atoms with Gasteiger partial charge in [0.2, 0.25) is 17.7 Å². The Bertz CT molecular complexity index is 630. The second-order valence-corrected chi connectivity index (χ2v) is 7.07. The SMILES string of the molecule is NCCCCC(NC(=O)C(CCCN=C(N)N)NC(=O)CN)C(=O)NC(CS)C(=O)O. The van der Waals surface area contributed by atoms with Crippen molar-refractivity contribution in [2.75, 3.05) is 25.4 Å². The van der Waals surface area contributed by atoms with Gasteiger partial charge >= 0.3 is 5.97 Å². The fourth-order valence-electron chi connectivity index (χ4n) is 2.52. The minimum absolute atomic E-state index is 0.0965. The molecule has 3 amide bonds. The van der Waals surface area contributed by atoms with Crippen molar-refractivity contribution in [1.82, 2.24) is 16.0 Å². The highest BCUT2D eigenvalue weighted by molar-refractivity contribution is 7.80. The van der Waals surface area contributed by atoms with Crippen LogP contribution in [0.3, 0.4) is 0 Å². The maximum absolute atomic E-state index is 12.8. The number of aliphatic carboxylic acids is 1. The summed E-state index contributed by atoms with van der Waals surface area (Å²) in [6, 6.07) is -3.21. The molecule has 12 N–H and O–H groups in total. The van der Waals surface area contributed by atoms with E-state index in [2.05, 4.69) is 33.6 Å². The van der Waals surface area contributed by atoms with Crippen molar-refractivity contribution < 1.29 is 24.3 Å². The number of hydrogen-bond donors (Lipinski definition) is 9. The summed E-state index contributed by atoms with van der Waals surface area (Å²) in [6.07, 6.45) is 1.95. The molecule has 0 aromatic carbocycles. The number of hydrogen-bond acceptors (Lipinski definition) is 8. The smallest absolute Gasteiger partial charge is 0.327 e. The normalized spacial score (nSPS) is 13.4. The lowest BCUT2D eigenvalue weighted by Gasteiger charge is -2.24. The van der Waals surface area contributed by atoms with Crippen molar-refractivity contribution in [1.29, 1.82) is 0 Å². The van der Waals surface area contributed by atoms with Gasteiger partial charge < -0.3 is 44.0 Å². The quantitative estimate of drug-likeness (QED) is 0.0479. The molecule has 178 valence electrons. The number of amides is 3. The number of carbonyl (C=O) groups excluding carboxylic acids is 3. The summed E-state index contributed by atoms with van der Waals surface area (Å²) in [5.41, 5.74) is 21.3. The predicted molar refractivity (Wildman–Crippen MR) is 119 cm³/mol. The van der Waals surface area contributed by atoms with Crippen LogP contribution in [0.2, 0.25) is 0 Å². The lowest BCUT2D eigenvalue weighted by Crippen LogP contribution is -2.56. The van der Waals surface area contributed by atoms with Gasteiger partial charge in [0.1, 0.15) is 18.1 Å². The first-order valence-electron chi connectivity index (χ1n) is 9.85. The largest absolute Gasteiger partial charge is 0.480 e. The van der Waals surface area contributed by atoms with E-state index in [4.69, 9.17) is 28.0 Å². The Hall–Kier alpha value is -2.58. The van der Waals surface area contributed by atoms with Crippen LogP contribution in [0.15, 0.2) is 4.99 Å². The number of carbonyl (C=O) groups is 4. The van der Waals surface area contributed by atoms with Gasteiger partial charge in [0.25, 0.3) is 0 Å². The average molecular weight is 463 g/mol. The van der Waals surface area contributed by atoms with Crippen LogP contribution in [0.4, 0.5) is 0 Å². The number of carboxylic acid groups (broad SMARTS) is 1. The van der Waals surface area contributed by atoms with Crippen LogP contribution >= 0.6 is 12.6 Å². The van der Waals surface area contributed by atoms with E-state index in [9.17, 15) is 19.2 Å². The fraction of sp³-hybridized carbons (Fsp3) is 0.706. The van der Waals surface area contributed by atoms with E-state index >= 15 is 0 Å². The van der Waals surface area contributed by atoms with Crippen LogP contribution in [0.5, 0.6) is 0 Å². The predicted octanol–water partition coefficient (Wildman–Crippen LogP) is -3.40. The Kier molecular flexibility index (Phi) is 14.8. The lowest BCUT2D eigenvalue weighted by atomic mass is 10.1. The van der Waals surface area contributed by atoms with Gasteiger partial charge in [-0.25, -0.2) is 4.79 Å². The first kappa shape index (κ1) is 28.4. The molecule has 0 aliphatic carbocycles. The molecule has 0 radical (unpaired) electrons. The van der Waals surface area contributed by atoms with Gasteiger partial charge in [-0.3, -0.25) is 19.4 Å². The molecule has 0 rings (SSSR count). The minimum Gasteiger partial charge on any atom is -0.480 e. The van der Waals surface area contributed by atoms with Crippen LogP contribution in [0.25, 0.3) is 0 Å². The van der Waals surface area contributed by atoms with Crippen molar-refractivity contribution >= 4 is 42.3 Å². The Labute approximate surface area is 186 Å². The highest BCUT2D eigenvalue weighted by Gasteiger charge is 2.28. The van der Waals surface area contributed by atoms with E-state index in [1.165, 1.54) is 0 Å². The summed E-state index contributed by atoms with van der Waals surface area (Å²) in [5.74, 6) is -3.30. The molecular weight excluding hydrogens is 428 g/mol. The zero-order valence-corrected chi connectivity index (χ0v) is 18.3. The molecule has 0 aliphatic heterocycles. The van der Waals surface area contributed by atoms with Crippen molar-refractivity contribution in [2.24, 2.45) is 27.9 Å². The van der Waals surface area contributed by atoms with Crippen LogP contribution in [0, 0.1) is 0 Å². The molecule has 0 bridgehead atoms. The topological polar surface area (TPSA) is 241 Å². The Morgan fingerprint density at radius 2 is 1.42 bits per heavy atom. The molecule has 0 aromatic rings. The van der Waals surface area contributed by atoms with Gasteiger partial charge in [0, 0.05) is 12.3 Å². The van der Waals surface area contributed by atoms with Crippen molar-refractivity contribution in [2.45, 2.75) is 50.2 Å². The second kappa shape index (κ2) is 16.2. The zero-order valence-electron chi connectivity index (χ0n) is 17.4. The second-order valence-electron chi connectivity index (χ2n) is 6.70. The van der Waals surface area contributed by atoms with E-state index in [1.807, 2.05) is 0 Å². The number of aliphatic imine (C=N–C) groups is 1. The van der Waals surface area contributed by atoms with Crippen LogP contribution < -0.4 is 38.9 Å². The molecule has 0 saturated heterocycles. The molecular formula is C17H34N8O5S. The van der Waals surface area contributed by atoms with E-state index in [0.717, 1.165) is 0 Å². The average Bonchev–Trinajstić information content (AvgIpc) is 2.72. The molecule has 13 nitrogen and oxygen atoms in total. The van der Waals surface area contributed by atoms with Crippen LogP contribution in [-0.2, 0) is 19.2 Å². The number of thiol groups is 1. The zero-order chi connectivity index (χ0) is 23.8. The maximum atomic E-state index is 12.8. The summed E-state index contributed by atoms with van der Waals surface area (Å²) in [6.45, 7) is 0.324. The Morgan fingerprint density at radius 3 is 1.90 bits per heavy atom. The summed E-state index contributed by atoms with van der Waals surface area (Å²) < 4.78 is 0. The Morgan fingerprint density at radius 1 is 0.871 bits per heavy atom. The van der Waals surface area contributed by atoms with Crippen molar-refractivity contribution in [3.8, 4) is 0 Å². The summed E-state index contributed by atoms with van der Waals surface area (Å²) in [7, 11) is 0. The van der Waals surface area contributed by atoms with E-state index < -0.39 is 41.8 Å². The van der Waals surface area contributed by atoms with Gasteiger partial charge in [0.15, 0.2) is 5.96 Å². The molecule has 0 spiro atoms. The van der Waals surface area contributed by atoms with Gasteiger partial charge in [0.05, 0.1) is 6.54 Å². The molecule has 0 aromatic heterocycles. The summed E-state index contributed by atoms with van der Waals surface area (Å²) in [5, 5.41) is 16.5. The van der Waals surface area contributed by atoms with E-state index in [-0.39, 0.29) is 37.6 Å². The molecule has 0 heterocycles. The standard InChI is InChI=1S/C17H34N8O5S/c18-6-2-1-4-11(15(28)25-12(9-31)16(29)30)24-14(27)10(23-13(26)8-19)5-3-7-22-17(20)21/h10-12,31H,1-9,18-19H2,(H,23,26)(H,24,27)(H,25,28)(H,29,30)(H4,20,21,22). The van der Waals surface area contributed by atoms with Gasteiger partial charge in [-0.05, 0) is 38.6 Å². The van der Waals surface area contributed by atoms with Gasteiger partial charge in [-0.1, -0.05) is 0 Å². The van der Waals surface area contributed by atoms with E-state index in [0.29, 0.717) is 25.8 Å². The number of unbranched alkanes of at least 4 members (excludes halogenated alkanes) is 1. The molecule has 3 unspecified atom stereocenters. The third kappa shape index (κ3) is 12.7. The van der Waals surface area contributed by atoms with Crippen molar-refractivity contribution in [3.63, 3.8) is 0 Å². The van der Waals surface area contributed by atoms with Gasteiger partial charge in [-0.15, -0.1) is 0 Å². The molecule has 3 atom stereocenters. The van der Waals surface area contributed by atoms with Crippen molar-refractivity contribution in [3.05, 3.63) is 0 Å². The number of nitrogens with one attached hydrogen (secondary N) is 3. The number of carboxylic acids is 1. The third-order valence-corrected chi connectivity index (χ3v) is 4.52.